The van der Waals surface area contributed by atoms with Gasteiger partial charge in [0.15, 0.2) is 17.2 Å². The number of hydrogen-bond acceptors (Lipinski definition) is 4. The predicted molar refractivity (Wildman–Crippen MR) is 106 cm³/mol. The van der Waals surface area contributed by atoms with E-state index in [1.54, 1.807) is 24.5 Å². The Morgan fingerprint density at radius 2 is 2.04 bits per heavy atom. The molecule has 0 radical (unpaired) electrons. The number of nitrogens with one attached hydrogen (secondary N) is 1. The van der Waals surface area contributed by atoms with E-state index in [1.807, 2.05) is 0 Å². The first-order valence-corrected chi connectivity index (χ1v) is 9.45. The second kappa shape index (κ2) is 7.50. The summed E-state index contributed by atoms with van der Waals surface area (Å²) in [7, 11) is 0. The van der Waals surface area contributed by atoms with Crippen LogP contribution in [-0.2, 0) is 6.54 Å². The lowest BCUT2D eigenvalue weighted by Crippen LogP contribution is -2.14. The van der Waals surface area contributed by atoms with E-state index in [4.69, 9.17) is 23.2 Å². The van der Waals surface area contributed by atoms with E-state index >= 15 is 0 Å². The molecule has 4 rings (SSSR count). The first kappa shape index (κ1) is 18.9. The number of aromatic nitrogens is 5. The average Bonchev–Trinajstić information content (AvgIpc) is 3.18. The van der Waals surface area contributed by atoms with Gasteiger partial charge in [0.2, 0.25) is 0 Å². The number of carbonyl (C=O) groups is 1. The molecule has 0 bridgehead atoms. The van der Waals surface area contributed by atoms with Crippen LogP contribution in [0.4, 0.5) is 10.2 Å². The first-order valence-electron chi connectivity index (χ1n) is 7.90. The van der Waals surface area contributed by atoms with Crippen molar-refractivity contribution in [2.75, 3.05) is 5.32 Å². The van der Waals surface area contributed by atoms with Crippen LogP contribution in [0.2, 0.25) is 10.0 Å². The van der Waals surface area contributed by atoms with Gasteiger partial charge < -0.3 is 5.32 Å². The van der Waals surface area contributed by atoms with Crippen LogP contribution in [0.25, 0.3) is 5.65 Å². The second-order valence-electron chi connectivity index (χ2n) is 5.73. The van der Waals surface area contributed by atoms with Crippen molar-refractivity contribution >= 4 is 56.5 Å². The molecule has 0 saturated carbocycles. The Hall–Kier alpha value is -2.49. The third kappa shape index (κ3) is 3.48. The molecule has 0 unspecified atom stereocenters. The zero-order valence-corrected chi connectivity index (χ0v) is 17.0. The molecule has 0 saturated heterocycles. The van der Waals surface area contributed by atoms with Crippen molar-refractivity contribution in [3.63, 3.8) is 0 Å². The van der Waals surface area contributed by atoms with E-state index in [9.17, 15) is 9.18 Å². The summed E-state index contributed by atoms with van der Waals surface area (Å²) in [4.78, 5) is 16.8. The topological polar surface area (TPSA) is 77.1 Å². The molecule has 28 heavy (non-hydrogen) atoms. The molecule has 1 N–H and O–H groups in total. The summed E-state index contributed by atoms with van der Waals surface area (Å²) in [5.74, 6) is -0.852. The molecule has 3 heterocycles. The molecule has 142 valence electrons. The lowest BCUT2D eigenvalue weighted by Gasteiger charge is -2.05. The minimum Gasteiger partial charge on any atom is -0.302 e. The van der Waals surface area contributed by atoms with Crippen molar-refractivity contribution in [3.8, 4) is 0 Å². The summed E-state index contributed by atoms with van der Waals surface area (Å²) < 4.78 is 17.3. The molecule has 3 aromatic heterocycles. The summed E-state index contributed by atoms with van der Waals surface area (Å²) in [6, 6.07) is 6.11. The molecule has 7 nitrogen and oxygen atoms in total. The van der Waals surface area contributed by atoms with Gasteiger partial charge in [-0.1, -0.05) is 29.3 Å². The fraction of sp³-hybridized carbons (Fsp3) is 0.0588. The molecule has 0 spiro atoms. The summed E-state index contributed by atoms with van der Waals surface area (Å²) in [5.41, 5.74) is 0.898. The molecule has 0 atom stereocenters. The van der Waals surface area contributed by atoms with E-state index in [0.717, 1.165) is 0 Å². The molecule has 1 aromatic carbocycles. The molecule has 0 aliphatic carbocycles. The SMILES string of the molecule is O=C(Nc1nn(Cc2c(F)cccc2Cl)cc1Cl)c1nn2cccnc2c1Br. The number of amides is 1. The normalized spacial score (nSPS) is 11.1. The highest BCUT2D eigenvalue weighted by Crippen LogP contribution is 2.26. The Balaban J connectivity index is 1.58. The molecule has 4 aromatic rings. The van der Waals surface area contributed by atoms with Gasteiger partial charge >= 0.3 is 0 Å². The highest BCUT2D eigenvalue weighted by atomic mass is 79.9. The van der Waals surface area contributed by atoms with E-state index in [2.05, 4.69) is 36.4 Å². The smallest absolute Gasteiger partial charge is 0.278 e. The Morgan fingerprint density at radius 1 is 1.21 bits per heavy atom. The predicted octanol–water partition coefficient (Wildman–Crippen LogP) is 4.43. The number of anilines is 1. The fourth-order valence-corrected chi connectivity index (χ4v) is 3.54. The van der Waals surface area contributed by atoms with Crippen LogP contribution in [0, 0.1) is 5.82 Å². The van der Waals surface area contributed by atoms with Crippen LogP contribution >= 0.6 is 39.1 Å². The largest absolute Gasteiger partial charge is 0.302 e. The van der Waals surface area contributed by atoms with Gasteiger partial charge in [-0.3, -0.25) is 9.48 Å². The zero-order valence-electron chi connectivity index (χ0n) is 13.9. The molecule has 0 fully saturated rings. The first-order chi connectivity index (χ1) is 13.4. The third-order valence-corrected chi connectivity index (χ3v) is 5.25. The highest BCUT2D eigenvalue weighted by Gasteiger charge is 2.21. The maximum Gasteiger partial charge on any atom is 0.278 e. The van der Waals surface area contributed by atoms with Gasteiger partial charge in [-0.05, 0) is 34.1 Å². The van der Waals surface area contributed by atoms with Gasteiger partial charge in [0, 0.05) is 29.2 Å². The fourth-order valence-electron chi connectivity index (χ4n) is 2.58. The van der Waals surface area contributed by atoms with Crippen molar-refractivity contribution in [1.29, 1.82) is 0 Å². The van der Waals surface area contributed by atoms with Crippen molar-refractivity contribution in [1.82, 2.24) is 24.4 Å². The van der Waals surface area contributed by atoms with E-state index in [0.29, 0.717) is 10.1 Å². The van der Waals surface area contributed by atoms with Crippen molar-refractivity contribution < 1.29 is 9.18 Å². The van der Waals surface area contributed by atoms with Gasteiger partial charge in [-0.2, -0.15) is 10.2 Å². The number of halogens is 4. The van der Waals surface area contributed by atoms with Crippen LogP contribution in [0.1, 0.15) is 16.1 Å². The van der Waals surface area contributed by atoms with Crippen LogP contribution in [0.3, 0.4) is 0 Å². The van der Waals surface area contributed by atoms with Crippen molar-refractivity contribution in [2.24, 2.45) is 0 Å². The summed E-state index contributed by atoms with van der Waals surface area (Å²) >= 11 is 15.5. The Bertz CT molecular complexity index is 1190. The summed E-state index contributed by atoms with van der Waals surface area (Å²) in [6.45, 7) is 0.0586. The number of benzene rings is 1. The van der Waals surface area contributed by atoms with Gasteiger partial charge in [-0.25, -0.2) is 13.9 Å². The summed E-state index contributed by atoms with van der Waals surface area (Å²) in [5, 5.41) is 11.5. The Morgan fingerprint density at radius 3 is 2.79 bits per heavy atom. The van der Waals surface area contributed by atoms with Crippen LogP contribution in [-0.4, -0.2) is 30.3 Å². The van der Waals surface area contributed by atoms with Crippen LogP contribution in [0.5, 0.6) is 0 Å². The quantitative estimate of drug-likeness (QED) is 0.465. The number of nitrogens with zero attached hydrogens (tertiary/aromatic N) is 5. The Kier molecular flexibility index (Phi) is 5.05. The molecule has 0 aliphatic heterocycles. The minimum atomic E-state index is -0.520. The zero-order chi connectivity index (χ0) is 19.8. The lowest BCUT2D eigenvalue weighted by atomic mass is 10.2. The third-order valence-electron chi connectivity index (χ3n) is 3.88. The number of hydrogen-bond donors (Lipinski definition) is 1. The number of fused-ring (bicyclic) bond motifs is 1. The average molecular weight is 484 g/mol. The molecule has 11 heteroatoms. The monoisotopic (exact) mass is 482 g/mol. The van der Waals surface area contributed by atoms with Gasteiger partial charge in [-0.15, -0.1) is 0 Å². The molecule has 0 aliphatic rings. The lowest BCUT2D eigenvalue weighted by molar-refractivity contribution is 0.102. The summed E-state index contributed by atoms with van der Waals surface area (Å²) in [6.07, 6.45) is 4.74. The maximum atomic E-state index is 14.0. The number of rotatable bonds is 4. The number of carbonyl (C=O) groups excluding carboxylic acids is 1. The minimum absolute atomic E-state index is 0.0586. The highest BCUT2D eigenvalue weighted by molar-refractivity contribution is 9.10. The van der Waals surface area contributed by atoms with Crippen molar-refractivity contribution in [3.05, 3.63) is 74.4 Å². The molecular formula is C17H10BrCl2FN6O. The standard InChI is InChI=1S/C17H10BrCl2FN6O/c18-13-14(24-27-6-2-5-22-16(13)27)17(28)23-15-11(20)8-26(25-15)7-9-10(19)3-1-4-12(9)21/h1-6,8H,7H2,(H,23,25,28). The molecular weight excluding hydrogens is 474 g/mol. The van der Waals surface area contributed by atoms with E-state index in [1.165, 1.54) is 27.5 Å². The molecule has 1 amide bonds. The second-order valence-corrected chi connectivity index (χ2v) is 7.34. The van der Waals surface area contributed by atoms with E-state index < -0.39 is 11.7 Å². The van der Waals surface area contributed by atoms with Crippen LogP contribution in [0.15, 0.2) is 47.3 Å². The van der Waals surface area contributed by atoms with Crippen LogP contribution < -0.4 is 5.32 Å². The van der Waals surface area contributed by atoms with Gasteiger partial charge in [0.1, 0.15) is 10.8 Å². The maximum absolute atomic E-state index is 14.0. The van der Waals surface area contributed by atoms with E-state index in [-0.39, 0.29) is 33.7 Å². The Labute approximate surface area is 176 Å². The van der Waals surface area contributed by atoms with Gasteiger partial charge in [0.25, 0.3) is 5.91 Å². The van der Waals surface area contributed by atoms with Crippen molar-refractivity contribution in [2.45, 2.75) is 6.54 Å². The van der Waals surface area contributed by atoms with Gasteiger partial charge in [0.05, 0.1) is 11.0 Å².